The summed E-state index contributed by atoms with van der Waals surface area (Å²) in [6.45, 7) is 2.52. The van der Waals surface area contributed by atoms with E-state index in [1.165, 1.54) is 0 Å². The van der Waals surface area contributed by atoms with Gasteiger partial charge in [0.05, 0.1) is 31.0 Å². The van der Waals surface area contributed by atoms with E-state index in [9.17, 15) is 14.7 Å². The molecule has 6 nitrogen and oxygen atoms in total. The molecule has 1 unspecified atom stereocenters. The number of methoxy groups -OCH3 is 2. The molecule has 0 aliphatic heterocycles. The molecule has 44 heavy (non-hydrogen) atoms. The van der Waals surface area contributed by atoms with Gasteiger partial charge in [0.1, 0.15) is 11.5 Å². The number of carboxylic acids is 1. The summed E-state index contributed by atoms with van der Waals surface area (Å²) in [5, 5.41) is 12.4. The first kappa shape index (κ1) is 32.2. The highest BCUT2D eigenvalue weighted by molar-refractivity contribution is 8.00. The highest BCUT2D eigenvalue weighted by atomic mass is 32.2. The highest BCUT2D eigenvalue weighted by Gasteiger charge is 2.37. The number of amides is 1. The molecule has 0 saturated carbocycles. The van der Waals surface area contributed by atoms with E-state index in [0.29, 0.717) is 30.0 Å². The van der Waals surface area contributed by atoms with Crippen LogP contribution in [-0.4, -0.2) is 37.0 Å². The van der Waals surface area contributed by atoms with Gasteiger partial charge in [-0.2, -0.15) is 0 Å². The van der Waals surface area contributed by atoms with E-state index in [1.54, 1.807) is 26.0 Å². The number of nitrogens with one attached hydrogen (secondary N) is 1. The number of aliphatic carboxylic acids is 1. The third-order valence-electron chi connectivity index (χ3n) is 7.23. The maximum Gasteiger partial charge on any atom is 0.304 e. The number of aryl methyl sites for hydroxylation is 1. The number of carbonyl (C=O) groups excluding carboxylic acids is 1. The molecule has 0 radical (unpaired) electrons. The number of hydrogen-bond donors (Lipinski definition) is 2. The van der Waals surface area contributed by atoms with E-state index in [-0.39, 0.29) is 18.7 Å². The Labute approximate surface area is 263 Å². The first-order valence-corrected chi connectivity index (χ1v) is 15.4. The minimum absolute atomic E-state index is 0.0174. The van der Waals surface area contributed by atoms with Crippen LogP contribution >= 0.6 is 11.8 Å². The summed E-state index contributed by atoms with van der Waals surface area (Å²) in [6, 6.07) is 31.9. The van der Waals surface area contributed by atoms with Gasteiger partial charge < -0.3 is 19.9 Å². The smallest absolute Gasteiger partial charge is 0.304 e. The number of carbonyl (C=O) groups is 2. The summed E-state index contributed by atoms with van der Waals surface area (Å²) < 4.78 is 10.4. The van der Waals surface area contributed by atoms with Crippen molar-refractivity contribution in [1.29, 1.82) is 0 Å². The summed E-state index contributed by atoms with van der Waals surface area (Å²) >= 11 is 1.57. The molecule has 4 aromatic carbocycles. The summed E-state index contributed by atoms with van der Waals surface area (Å²) in [5.41, 5.74) is 5.80. The molecule has 0 aliphatic carbocycles. The van der Waals surface area contributed by atoms with Crippen molar-refractivity contribution in [3.63, 3.8) is 0 Å². The number of benzene rings is 4. The Hall–Kier alpha value is -4.67. The van der Waals surface area contributed by atoms with Gasteiger partial charge in [-0.05, 0) is 53.4 Å². The molecule has 7 heteroatoms. The third kappa shape index (κ3) is 8.24. The Morgan fingerprint density at radius 1 is 0.841 bits per heavy atom. The number of thioether (sulfide) groups is 1. The van der Waals surface area contributed by atoms with Crippen molar-refractivity contribution in [3.05, 3.63) is 130 Å². The van der Waals surface area contributed by atoms with Crippen molar-refractivity contribution in [2.24, 2.45) is 0 Å². The van der Waals surface area contributed by atoms with Gasteiger partial charge in [0.2, 0.25) is 5.91 Å². The predicted octanol–water partition coefficient (Wildman–Crippen LogP) is 6.96. The maximum atomic E-state index is 12.4. The predicted molar refractivity (Wildman–Crippen MR) is 176 cm³/mol. The van der Waals surface area contributed by atoms with Crippen LogP contribution in [0.4, 0.5) is 0 Å². The van der Waals surface area contributed by atoms with E-state index in [0.717, 1.165) is 33.6 Å². The summed E-state index contributed by atoms with van der Waals surface area (Å²) in [6.07, 6.45) is 0.693. The van der Waals surface area contributed by atoms with E-state index >= 15 is 0 Å². The average molecular weight is 608 g/mol. The number of hydrogen-bond acceptors (Lipinski definition) is 5. The zero-order chi connectivity index (χ0) is 31.4. The quantitative estimate of drug-likeness (QED) is 0.126. The average Bonchev–Trinajstić information content (AvgIpc) is 3.05. The van der Waals surface area contributed by atoms with Crippen molar-refractivity contribution in [1.82, 2.24) is 5.32 Å². The van der Waals surface area contributed by atoms with E-state index in [1.807, 2.05) is 79.7 Å². The number of ether oxygens (including phenoxy) is 2. The van der Waals surface area contributed by atoms with Crippen LogP contribution in [-0.2, 0) is 20.9 Å². The Bertz CT molecular complexity index is 1610. The minimum atomic E-state index is -0.848. The zero-order valence-electron chi connectivity index (χ0n) is 25.3. The van der Waals surface area contributed by atoms with Crippen LogP contribution in [0.5, 0.6) is 11.5 Å². The molecule has 0 aliphatic rings. The monoisotopic (exact) mass is 607 g/mol. The fourth-order valence-electron chi connectivity index (χ4n) is 4.90. The van der Waals surface area contributed by atoms with Gasteiger partial charge in [0.25, 0.3) is 0 Å². The van der Waals surface area contributed by atoms with Gasteiger partial charge in [0, 0.05) is 25.1 Å². The second-order valence-corrected chi connectivity index (χ2v) is 11.6. The van der Waals surface area contributed by atoms with Crippen molar-refractivity contribution >= 4 is 23.6 Å². The SMILES string of the molecule is COc1ccc(C(SCCC(=O)O)(c2ccc(C)cc2)c2ccc(OC)c(C#CCCC(=O)NCc3ccccc3)c2)cc1. The van der Waals surface area contributed by atoms with Crippen molar-refractivity contribution < 1.29 is 24.2 Å². The van der Waals surface area contributed by atoms with Gasteiger partial charge >= 0.3 is 5.97 Å². The summed E-state index contributed by atoms with van der Waals surface area (Å²) in [4.78, 5) is 24.0. The topological polar surface area (TPSA) is 84.9 Å². The Morgan fingerprint density at radius 2 is 1.50 bits per heavy atom. The molecule has 1 amide bonds. The van der Waals surface area contributed by atoms with Crippen molar-refractivity contribution in [3.8, 4) is 23.3 Å². The summed E-state index contributed by atoms with van der Waals surface area (Å²) in [5.74, 6) is 7.22. The van der Waals surface area contributed by atoms with Gasteiger partial charge in [-0.15, -0.1) is 11.8 Å². The Morgan fingerprint density at radius 3 is 2.14 bits per heavy atom. The standard InChI is InChI=1S/C37H37NO5S/c1-27-13-15-30(16-14-27)37(44-24-23-36(40)41,31-17-20-33(42-2)21-18-31)32-19-22-34(43-3)29(25-32)11-7-8-12-35(39)38-26-28-9-5-4-6-10-28/h4-6,9-10,13-22,25H,8,12,23-24,26H2,1-3H3,(H,38,39)(H,40,41). The molecule has 226 valence electrons. The molecule has 0 fully saturated rings. The lowest BCUT2D eigenvalue weighted by Gasteiger charge is -2.36. The van der Waals surface area contributed by atoms with Crippen molar-refractivity contribution in [2.75, 3.05) is 20.0 Å². The molecule has 0 bridgehead atoms. The van der Waals surface area contributed by atoms with E-state index < -0.39 is 10.7 Å². The normalized spacial score (nSPS) is 11.9. The second kappa shape index (κ2) is 15.7. The van der Waals surface area contributed by atoms with Crippen LogP contribution < -0.4 is 14.8 Å². The molecule has 4 rings (SSSR count). The van der Waals surface area contributed by atoms with Gasteiger partial charge in [-0.1, -0.05) is 90.2 Å². The zero-order valence-corrected chi connectivity index (χ0v) is 26.1. The Balaban J connectivity index is 1.69. The first-order valence-electron chi connectivity index (χ1n) is 14.4. The molecule has 0 heterocycles. The van der Waals surface area contributed by atoms with Crippen LogP contribution in [0, 0.1) is 18.8 Å². The molecule has 0 aromatic heterocycles. The van der Waals surface area contributed by atoms with Gasteiger partial charge in [0.15, 0.2) is 0 Å². The highest BCUT2D eigenvalue weighted by Crippen LogP contribution is 2.49. The lowest BCUT2D eigenvalue weighted by molar-refractivity contribution is -0.136. The number of carboxylic acid groups (broad SMARTS) is 1. The van der Waals surface area contributed by atoms with Crippen LogP contribution in [0.15, 0.2) is 97.1 Å². The van der Waals surface area contributed by atoms with Gasteiger partial charge in [-0.25, -0.2) is 0 Å². The molecular formula is C37H37NO5S. The first-order chi connectivity index (χ1) is 21.3. The van der Waals surface area contributed by atoms with E-state index in [4.69, 9.17) is 9.47 Å². The lowest BCUT2D eigenvalue weighted by Crippen LogP contribution is -2.27. The molecule has 0 spiro atoms. The fraction of sp³-hybridized carbons (Fsp3) is 0.243. The van der Waals surface area contributed by atoms with Crippen LogP contribution in [0.25, 0.3) is 0 Å². The third-order valence-corrected chi connectivity index (χ3v) is 8.78. The molecular weight excluding hydrogens is 570 g/mol. The molecule has 1 atom stereocenters. The molecule has 0 saturated heterocycles. The molecule has 4 aromatic rings. The van der Waals surface area contributed by atoms with Crippen molar-refractivity contribution in [2.45, 2.75) is 37.5 Å². The lowest BCUT2D eigenvalue weighted by atomic mass is 9.83. The van der Waals surface area contributed by atoms with Crippen LogP contribution in [0.1, 0.15) is 52.6 Å². The second-order valence-electron chi connectivity index (χ2n) is 10.2. The largest absolute Gasteiger partial charge is 0.497 e. The molecule has 2 N–H and O–H groups in total. The van der Waals surface area contributed by atoms with Crippen LogP contribution in [0.3, 0.4) is 0 Å². The number of rotatable bonds is 13. The van der Waals surface area contributed by atoms with Crippen LogP contribution in [0.2, 0.25) is 0 Å². The fourth-order valence-corrected chi connectivity index (χ4v) is 6.38. The van der Waals surface area contributed by atoms with E-state index in [2.05, 4.69) is 41.4 Å². The minimum Gasteiger partial charge on any atom is -0.497 e. The summed E-state index contributed by atoms with van der Waals surface area (Å²) in [7, 11) is 3.24. The van der Waals surface area contributed by atoms with Gasteiger partial charge in [-0.3, -0.25) is 9.59 Å². The Kier molecular flexibility index (Phi) is 11.5. The maximum absolute atomic E-state index is 12.4.